The van der Waals surface area contributed by atoms with E-state index in [1.54, 1.807) is 48.8 Å². The van der Waals surface area contributed by atoms with Crippen LogP contribution in [-0.2, 0) is 11.4 Å². The van der Waals surface area contributed by atoms with Gasteiger partial charge in [-0.25, -0.2) is 4.79 Å². The number of ether oxygens (including phenoxy) is 2. The van der Waals surface area contributed by atoms with Crippen molar-refractivity contribution in [3.05, 3.63) is 89.8 Å². The average molecular weight is 404 g/mol. The zero-order chi connectivity index (χ0) is 21.3. The third-order valence-electron chi connectivity index (χ3n) is 4.17. The van der Waals surface area contributed by atoms with Crippen molar-refractivity contribution in [3.63, 3.8) is 0 Å². The maximum absolute atomic E-state index is 12.2. The van der Waals surface area contributed by atoms with Crippen molar-refractivity contribution in [2.24, 2.45) is 0 Å². The second-order valence-electron chi connectivity index (χ2n) is 6.23. The maximum atomic E-state index is 12.2. The minimum Gasteiger partial charge on any atom is -0.493 e. The fourth-order valence-corrected chi connectivity index (χ4v) is 2.67. The Hall–Kier alpha value is -4.13. The summed E-state index contributed by atoms with van der Waals surface area (Å²) in [7, 11) is 1.54. The van der Waals surface area contributed by atoms with Gasteiger partial charge in [0.2, 0.25) is 5.91 Å². The third-order valence-corrected chi connectivity index (χ3v) is 4.17. The van der Waals surface area contributed by atoms with Gasteiger partial charge in [-0.05, 0) is 53.6 Å². The molecule has 0 radical (unpaired) electrons. The predicted octanol–water partition coefficient (Wildman–Crippen LogP) is 4.02. The van der Waals surface area contributed by atoms with E-state index in [4.69, 9.17) is 9.47 Å². The molecule has 30 heavy (non-hydrogen) atoms. The summed E-state index contributed by atoms with van der Waals surface area (Å²) in [5.41, 5.74) is 1.97. The van der Waals surface area contributed by atoms with Gasteiger partial charge in [-0.3, -0.25) is 9.78 Å². The second-order valence-corrected chi connectivity index (χ2v) is 6.23. The van der Waals surface area contributed by atoms with E-state index in [2.05, 4.69) is 10.3 Å². The van der Waals surface area contributed by atoms with Crippen molar-refractivity contribution in [2.75, 3.05) is 12.4 Å². The molecule has 7 heteroatoms. The summed E-state index contributed by atoms with van der Waals surface area (Å²) in [5.74, 6) is -0.447. The van der Waals surface area contributed by atoms with Crippen LogP contribution in [0.5, 0.6) is 11.5 Å². The largest absolute Gasteiger partial charge is 0.493 e. The Morgan fingerprint density at radius 2 is 1.83 bits per heavy atom. The van der Waals surface area contributed by atoms with Crippen molar-refractivity contribution in [1.29, 1.82) is 0 Å². The summed E-state index contributed by atoms with van der Waals surface area (Å²) in [6.07, 6.45) is 6.33. The molecule has 0 atom stereocenters. The third kappa shape index (κ3) is 5.45. The number of carbonyl (C=O) groups excluding carboxylic acids is 1. The number of amides is 1. The molecule has 0 unspecified atom stereocenters. The lowest BCUT2D eigenvalue weighted by Gasteiger charge is -2.11. The first-order valence-corrected chi connectivity index (χ1v) is 9.08. The molecule has 0 saturated heterocycles. The van der Waals surface area contributed by atoms with E-state index in [9.17, 15) is 14.7 Å². The summed E-state index contributed by atoms with van der Waals surface area (Å²) in [5, 5.41) is 11.8. The molecule has 0 bridgehead atoms. The number of carbonyl (C=O) groups is 2. The van der Waals surface area contributed by atoms with Crippen molar-refractivity contribution in [2.45, 2.75) is 6.61 Å². The molecule has 0 spiro atoms. The van der Waals surface area contributed by atoms with Gasteiger partial charge in [0.15, 0.2) is 11.5 Å². The van der Waals surface area contributed by atoms with Crippen molar-refractivity contribution < 1.29 is 24.2 Å². The first-order chi connectivity index (χ1) is 14.6. The average Bonchev–Trinajstić information content (AvgIpc) is 2.77. The van der Waals surface area contributed by atoms with Gasteiger partial charge in [0.05, 0.1) is 18.4 Å². The lowest BCUT2D eigenvalue weighted by molar-refractivity contribution is -0.111. The fraction of sp³-hybridized carbons (Fsp3) is 0.0870. The van der Waals surface area contributed by atoms with Gasteiger partial charge in [0.25, 0.3) is 0 Å². The molecule has 1 amide bonds. The summed E-state index contributed by atoms with van der Waals surface area (Å²) < 4.78 is 11.2. The highest BCUT2D eigenvalue weighted by molar-refractivity contribution is 6.06. The Balaban J connectivity index is 1.67. The lowest BCUT2D eigenvalue weighted by Crippen LogP contribution is -2.11. The number of carboxylic acid groups (broad SMARTS) is 1. The molecule has 0 fully saturated rings. The van der Waals surface area contributed by atoms with Crippen LogP contribution in [0, 0.1) is 0 Å². The molecular formula is C23H20N2O5. The van der Waals surface area contributed by atoms with Gasteiger partial charge in [-0.2, -0.15) is 0 Å². The maximum Gasteiger partial charge on any atom is 0.337 e. The standard InChI is InChI=1S/C23H20N2O5/c1-29-21-14-16(6-8-20(21)30-15-17-10-12-24-13-11-17)7-9-22(26)25-19-5-3-2-4-18(19)23(27)28/h2-14H,15H2,1H3,(H,25,26)(H,27,28)/b9-7+. The number of methoxy groups -OCH3 is 1. The number of rotatable bonds is 8. The first-order valence-electron chi connectivity index (χ1n) is 9.08. The van der Waals surface area contributed by atoms with E-state index in [0.717, 1.165) is 11.1 Å². The molecular weight excluding hydrogens is 384 g/mol. The lowest BCUT2D eigenvalue weighted by atomic mass is 10.1. The molecule has 3 rings (SSSR count). The van der Waals surface area contributed by atoms with Crippen LogP contribution >= 0.6 is 0 Å². The summed E-state index contributed by atoms with van der Waals surface area (Å²) in [6, 6.07) is 15.2. The quantitative estimate of drug-likeness (QED) is 0.551. The van der Waals surface area contributed by atoms with Gasteiger partial charge in [0, 0.05) is 18.5 Å². The van der Waals surface area contributed by atoms with Gasteiger partial charge in [0.1, 0.15) is 6.61 Å². The van der Waals surface area contributed by atoms with E-state index < -0.39 is 11.9 Å². The van der Waals surface area contributed by atoms with Gasteiger partial charge in [-0.1, -0.05) is 18.2 Å². The monoisotopic (exact) mass is 404 g/mol. The van der Waals surface area contributed by atoms with Crippen LogP contribution in [0.2, 0.25) is 0 Å². The van der Waals surface area contributed by atoms with Crippen molar-refractivity contribution in [1.82, 2.24) is 4.98 Å². The summed E-state index contributed by atoms with van der Waals surface area (Å²) in [6.45, 7) is 0.374. The zero-order valence-corrected chi connectivity index (χ0v) is 16.2. The topological polar surface area (TPSA) is 97.8 Å². The number of carboxylic acids is 1. The molecule has 0 aliphatic heterocycles. The predicted molar refractivity (Wildman–Crippen MR) is 113 cm³/mol. The molecule has 2 aromatic carbocycles. The zero-order valence-electron chi connectivity index (χ0n) is 16.2. The highest BCUT2D eigenvalue weighted by atomic mass is 16.5. The minimum atomic E-state index is -1.11. The van der Waals surface area contributed by atoms with Crippen LogP contribution < -0.4 is 14.8 Å². The number of anilines is 1. The van der Waals surface area contributed by atoms with E-state index in [0.29, 0.717) is 18.1 Å². The van der Waals surface area contributed by atoms with Gasteiger partial charge < -0.3 is 19.9 Å². The van der Waals surface area contributed by atoms with Crippen LogP contribution in [-0.4, -0.2) is 29.1 Å². The molecule has 0 aliphatic rings. The first kappa shape index (κ1) is 20.6. The minimum absolute atomic E-state index is 0.0246. The normalized spacial score (nSPS) is 10.6. The Kier molecular flexibility index (Phi) is 6.78. The smallest absolute Gasteiger partial charge is 0.337 e. The number of pyridine rings is 1. The van der Waals surface area contributed by atoms with Crippen LogP contribution in [0.25, 0.3) is 6.08 Å². The summed E-state index contributed by atoms with van der Waals surface area (Å²) in [4.78, 5) is 27.4. The number of hydrogen-bond donors (Lipinski definition) is 2. The van der Waals surface area contributed by atoms with Crippen LogP contribution in [0.4, 0.5) is 5.69 Å². The number of nitrogens with zero attached hydrogens (tertiary/aromatic N) is 1. The number of aromatic nitrogens is 1. The molecule has 7 nitrogen and oxygen atoms in total. The Morgan fingerprint density at radius 3 is 2.57 bits per heavy atom. The fourth-order valence-electron chi connectivity index (χ4n) is 2.67. The van der Waals surface area contributed by atoms with Crippen LogP contribution in [0.15, 0.2) is 73.1 Å². The Bertz CT molecular complexity index is 1060. The van der Waals surface area contributed by atoms with E-state index in [1.165, 1.54) is 25.3 Å². The second kappa shape index (κ2) is 9.88. The molecule has 2 N–H and O–H groups in total. The molecule has 3 aromatic rings. The molecule has 0 saturated carbocycles. The van der Waals surface area contributed by atoms with Gasteiger partial charge >= 0.3 is 5.97 Å². The Labute approximate surface area is 173 Å². The number of benzene rings is 2. The highest BCUT2D eigenvalue weighted by Gasteiger charge is 2.10. The Morgan fingerprint density at radius 1 is 1.07 bits per heavy atom. The van der Waals surface area contributed by atoms with Crippen molar-refractivity contribution >= 4 is 23.6 Å². The molecule has 0 aliphatic carbocycles. The highest BCUT2D eigenvalue weighted by Crippen LogP contribution is 2.29. The SMILES string of the molecule is COc1cc(/C=C/C(=O)Nc2ccccc2C(=O)O)ccc1OCc1ccncc1. The van der Waals surface area contributed by atoms with Crippen molar-refractivity contribution in [3.8, 4) is 11.5 Å². The van der Waals surface area contributed by atoms with E-state index >= 15 is 0 Å². The summed E-state index contributed by atoms with van der Waals surface area (Å²) >= 11 is 0. The van der Waals surface area contributed by atoms with Crippen LogP contribution in [0.3, 0.4) is 0 Å². The van der Waals surface area contributed by atoms with E-state index in [1.807, 2.05) is 12.1 Å². The molecule has 1 heterocycles. The molecule has 1 aromatic heterocycles. The van der Waals surface area contributed by atoms with Crippen LogP contribution in [0.1, 0.15) is 21.5 Å². The van der Waals surface area contributed by atoms with E-state index in [-0.39, 0.29) is 11.3 Å². The molecule has 152 valence electrons. The number of hydrogen-bond acceptors (Lipinski definition) is 5. The van der Waals surface area contributed by atoms with Gasteiger partial charge in [-0.15, -0.1) is 0 Å². The number of aromatic carboxylic acids is 1. The number of para-hydroxylation sites is 1. The number of nitrogens with one attached hydrogen (secondary N) is 1.